The number of amides is 1. The molecule has 3 aliphatic heterocycles. The quantitative estimate of drug-likeness (QED) is 0.259. The molecule has 1 amide bonds. The van der Waals surface area contributed by atoms with Crippen LogP contribution in [0.1, 0.15) is 86.6 Å². The smallest absolute Gasteiger partial charge is 0.319 e. The highest BCUT2D eigenvalue weighted by molar-refractivity contribution is 6.04. The molecule has 9 atom stereocenters. The van der Waals surface area contributed by atoms with Gasteiger partial charge in [-0.2, -0.15) is 0 Å². The summed E-state index contributed by atoms with van der Waals surface area (Å²) in [6.07, 6.45) is 0.884. The number of methoxy groups -OCH3 is 1. The zero-order valence-electron chi connectivity index (χ0n) is 33.9. The van der Waals surface area contributed by atoms with Gasteiger partial charge in [-0.15, -0.1) is 0 Å². The van der Waals surface area contributed by atoms with Crippen molar-refractivity contribution < 1.29 is 33.3 Å². The van der Waals surface area contributed by atoms with Crippen molar-refractivity contribution >= 4 is 17.7 Å². The van der Waals surface area contributed by atoms with Crippen LogP contribution >= 0.6 is 0 Å². The summed E-state index contributed by atoms with van der Waals surface area (Å²) < 4.78 is 25.7. The lowest BCUT2D eigenvalue weighted by Crippen LogP contribution is -2.59. The first-order chi connectivity index (χ1) is 24.5. The molecule has 11 nitrogen and oxygen atoms in total. The largest absolute Gasteiger partial charge is 0.460 e. The van der Waals surface area contributed by atoms with Crippen LogP contribution in [0.5, 0.6) is 0 Å². The molecule has 3 fully saturated rings. The topological polar surface area (TPSA) is 101 Å². The first-order valence-electron chi connectivity index (χ1n) is 19.6. The average Bonchev–Trinajstić information content (AvgIpc) is 3.10. The Kier molecular flexibility index (Phi) is 14.9. The lowest BCUT2D eigenvalue weighted by molar-refractivity contribution is -0.263. The molecular weight excluding hydrogens is 660 g/mol. The van der Waals surface area contributed by atoms with Crippen molar-refractivity contribution in [2.75, 3.05) is 60.5 Å². The molecule has 52 heavy (non-hydrogen) atoms. The molecule has 0 spiro atoms. The number of nitrogens with zero attached hydrogens (tertiary/aromatic N) is 4. The maximum absolute atomic E-state index is 14.6. The lowest BCUT2D eigenvalue weighted by Gasteiger charge is -2.45. The molecule has 3 saturated heterocycles. The van der Waals surface area contributed by atoms with Crippen LogP contribution in [0.4, 0.5) is 0 Å². The van der Waals surface area contributed by atoms with Gasteiger partial charge in [-0.1, -0.05) is 51.1 Å². The average molecular weight is 729 g/mol. The summed E-state index contributed by atoms with van der Waals surface area (Å²) in [4.78, 5) is 51.8. The Balaban J connectivity index is 1.64. The molecule has 0 radical (unpaired) electrons. The molecule has 3 aliphatic rings. The summed E-state index contributed by atoms with van der Waals surface area (Å²) in [7, 11) is 5.79. The number of ether oxygens (including phenoxy) is 4. The minimum atomic E-state index is -1.50. The first kappa shape index (κ1) is 42.3. The first-order valence-corrected chi connectivity index (χ1v) is 19.6. The van der Waals surface area contributed by atoms with E-state index in [9.17, 15) is 14.4 Å². The van der Waals surface area contributed by atoms with Crippen molar-refractivity contribution in [1.82, 2.24) is 19.6 Å². The van der Waals surface area contributed by atoms with Crippen LogP contribution in [-0.2, 0) is 39.9 Å². The van der Waals surface area contributed by atoms with Crippen molar-refractivity contribution in [3.05, 3.63) is 35.9 Å². The second-order valence-electron chi connectivity index (χ2n) is 16.8. The number of benzene rings is 1. The van der Waals surface area contributed by atoms with E-state index in [-0.39, 0.29) is 29.8 Å². The van der Waals surface area contributed by atoms with E-state index in [0.717, 1.165) is 32.5 Å². The van der Waals surface area contributed by atoms with Crippen LogP contribution in [-0.4, -0.2) is 140 Å². The highest BCUT2D eigenvalue weighted by Gasteiger charge is 2.51. The van der Waals surface area contributed by atoms with Gasteiger partial charge in [-0.25, -0.2) is 0 Å². The van der Waals surface area contributed by atoms with Crippen LogP contribution in [0, 0.1) is 17.3 Å². The molecule has 3 heterocycles. The third-order valence-electron chi connectivity index (χ3n) is 11.7. The van der Waals surface area contributed by atoms with Crippen LogP contribution in [0.25, 0.3) is 0 Å². The number of rotatable bonds is 9. The Bertz CT molecular complexity index is 1320. The number of hydrogen-bond acceptors (Lipinski definition) is 10. The van der Waals surface area contributed by atoms with E-state index >= 15 is 0 Å². The summed E-state index contributed by atoms with van der Waals surface area (Å²) in [5.41, 5.74) is -1.15. The molecule has 0 aliphatic carbocycles. The van der Waals surface area contributed by atoms with Gasteiger partial charge in [0.1, 0.15) is 17.6 Å². The van der Waals surface area contributed by atoms with Gasteiger partial charge in [0.05, 0.1) is 17.8 Å². The number of ketones is 1. The van der Waals surface area contributed by atoms with E-state index in [1.165, 1.54) is 5.56 Å². The summed E-state index contributed by atoms with van der Waals surface area (Å²) in [5.74, 6) is -1.65. The van der Waals surface area contributed by atoms with E-state index in [0.29, 0.717) is 39.0 Å². The van der Waals surface area contributed by atoms with Gasteiger partial charge in [-0.3, -0.25) is 24.2 Å². The van der Waals surface area contributed by atoms with E-state index in [2.05, 4.69) is 66.9 Å². The SMILES string of the molecule is CCCN1C[C@H](C)C[C@@](C)(OC)[C@H](O[C@H]2C[C@@H](N(C)C)C[C@@H](C)O2)[C@@H](C)C(=O)C(C)(C)C(=O)O[C@@H](C)[C@@H]1C(=O)N1CCN(Cc2ccccc2)CC1. The summed E-state index contributed by atoms with van der Waals surface area (Å²) in [6.45, 7) is 20.0. The second-order valence-corrected chi connectivity index (χ2v) is 16.8. The normalized spacial score (nSPS) is 34.7. The molecule has 0 N–H and O–H groups in total. The third kappa shape index (κ3) is 10.2. The Morgan fingerprint density at radius 2 is 1.63 bits per heavy atom. The van der Waals surface area contributed by atoms with Crippen molar-refractivity contribution in [3.8, 4) is 0 Å². The fraction of sp³-hybridized carbons (Fsp3) is 0.780. The zero-order valence-corrected chi connectivity index (χ0v) is 33.9. The molecule has 0 aromatic heterocycles. The summed E-state index contributed by atoms with van der Waals surface area (Å²) in [6, 6.07) is 9.95. The van der Waals surface area contributed by atoms with E-state index in [1.807, 2.05) is 31.7 Å². The number of Topliss-reactive ketones (excluding diaryl/α,β-unsaturated/α-hetero) is 1. The molecule has 0 unspecified atom stereocenters. The Morgan fingerprint density at radius 3 is 2.23 bits per heavy atom. The molecule has 0 bridgehead atoms. The van der Waals surface area contributed by atoms with Crippen molar-refractivity contribution in [2.45, 2.75) is 130 Å². The zero-order chi connectivity index (χ0) is 38.4. The van der Waals surface area contributed by atoms with Gasteiger partial charge in [-0.05, 0) is 86.0 Å². The monoisotopic (exact) mass is 729 g/mol. The maximum Gasteiger partial charge on any atom is 0.319 e. The molecule has 294 valence electrons. The Labute approximate surface area is 313 Å². The molecule has 11 heteroatoms. The highest BCUT2D eigenvalue weighted by atomic mass is 16.7. The van der Waals surface area contributed by atoms with Gasteiger partial charge < -0.3 is 28.7 Å². The van der Waals surface area contributed by atoms with Crippen LogP contribution in [0.3, 0.4) is 0 Å². The van der Waals surface area contributed by atoms with E-state index in [4.69, 9.17) is 18.9 Å². The van der Waals surface area contributed by atoms with Crippen molar-refractivity contribution in [2.24, 2.45) is 17.3 Å². The summed E-state index contributed by atoms with van der Waals surface area (Å²) in [5, 5.41) is 0. The Morgan fingerprint density at radius 1 is 0.981 bits per heavy atom. The molecule has 0 saturated carbocycles. The molecular formula is C41H68N4O7. The van der Waals surface area contributed by atoms with Gasteiger partial charge in [0.2, 0.25) is 5.91 Å². The molecule has 1 aromatic carbocycles. The number of cyclic esters (lactones) is 1. The van der Waals surface area contributed by atoms with Crippen molar-refractivity contribution in [3.63, 3.8) is 0 Å². The second kappa shape index (κ2) is 18.3. The number of carbonyl (C=O) groups excluding carboxylic acids is 3. The fourth-order valence-corrected chi connectivity index (χ4v) is 8.64. The van der Waals surface area contributed by atoms with E-state index < -0.39 is 47.4 Å². The molecule has 1 aromatic rings. The standard InChI is InChI=1S/C41H68N4O7/c1-12-18-45-26-28(2)25-41(8,49-11)37(52-34-24-33(42(9)10)23-29(3)50-34)30(4)36(46)40(6,7)39(48)51-31(5)35(45)38(47)44-21-19-43(20-22-44)27-32-16-14-13-15-17-32/h13-17,28-31,33-35,37H,12,18-27H2,1-11H3/t28-,29-,30+,31+,33+,34+,35-,37-,41-/m1/s1. The van der Waals surface area contributed by atoms with Crippen LogP contribution < -0.4 is 0 Å². The molecule has 4 rings (SSSR count). The lowest BCUT2D eigenvalue weighted by atomic mass is 9.74. The van der Waals surface area contributed by atoms with Gasteiger partial charge in [0.15, 0.2) is 12.1 Å². The fourth-order valence-electron chi connectivity index (χ4n) is 8.64. The van der Waals surface area contributed by atoms with E-state index in [1.54, 1.807) is 27.9 Å². The number of esters is 1. The Hall–Kier alpha value is -2.41. The summed E-state index contributed by atoms with van der Waals surface area (Å²) >= 11 is 0. The predicted octanol–water partition coefficient (Wildman–Crippen LogP) is 4.86. The highest BCUT2D eigenvalue weighted by Crippen LogP contribution is 2.38. The number of piperazine rings is 1. The predicted molar refractivity (Wildman–Crippen MR) is 203 cm³/mol. The number of hydrogen-bond donors (Lipinski definition) is 0. The van der Waals surface area contributed by atoms with Gasteiger partial charge in [0.25, 0.3) is 0 Å². The minimum Gasteiger partial charge on any atom is -0.460 e. The van der Waals surface area contributed by atoms with Crippen LogP contribution in [0.15, 0.2) is 30.3 Å². The van der Waals surface area contributed by atoms with Crippen molar-refractivity contribution in [1.29, 1.82) is 0 Å². The maximum atomic E-state index is 14.6. The van der Waals surface area contributed by atoms with Gasteiger partial charge >= 0.3 is 5.97 Å². The minimum absolute atomic E-state index is 0.0172. The van der Waals surface area contributed by atoms with Gasteiger partial charge in [0, 0.05) is 64.8 Å². The number of carbonyl (C=O) groups is 3. The van der Waals surface area contributed by atoms with Crippen LogP contribution in [0.2, 0.25) is 0 Å². The third-order valence-corrected chi connectivity index (χ3v) is 11.7.